The number of nitrogens with zero attached hydrogens (tertiary/aromatic N) is 4. The number of hydrogen-bond donors (Lipinski definition) is 3. The van der Waals surface area contributed by atoms with E-state index in [1.807, 2.05) is 39.0 Å². The molecule has 2 fully saturated rings. The van der Waals surface area contributed by atoms with Crippen LogP contribution in [0.2, 0.25) is 0 Å². The van der Waals surface area contributed by atoms with Crippen molar-refractivity contribution in [2.45, 2.75) is 92.2 Å². The van der Waals surface area contributed by atoms with Crippen molar-refractivity contribution in [1.29, 1.82) is 0 Å². The molecular weight excluding hydrogens is 450 g/mol. The summed E-state index contributed by atoms with van der Waals surface area (Å²) in [4.78, 5) is 16.3. The molecule has 2 heterocycles. The molecule has 202 valence electrons. The van der Waals surface area contributed by atoms with Gasteiger partial charge in [0.15, 0.2) is 0 Å². The molecule has 3 N–H and O–H groups in total. The smallest absolute Gasteiger partial charge is 0.233 e. The third-order valence-electron chi connectivity index (χ3n) is 6.38. The molecule has 1 saturated heterocycles. The van der Waals surface area contributed by atoms with Gasteiger partial charge in [0.25, 0.3) is 0 Å². The van der Waals surface area contributed by atoms with E-state index in [4.69, 9.17) is 4.74 Å². The zero-order valence-corrected chi connectivity index (χ0v) is 23.7. The predicted octanol–water partition coefficient (Wildman–Crippen LogP) is 6.83. The van der Waals surface area contributed by atoms with Gasteiger partial charge in [-0.15, -0.1) is 0 Å². The Morgan fingerprint density at radius 1 is 0.944 bits per heavy atom. The molecule has 1 saturated carbocycles. The Hall–Kier alpha value is -2.61. The first-order valence-corrected chi connectivity index (χ1v) is 13.9. The number of hydrogen-bond acceptors (Lipinski definition) is 8. The van der Waals surface area contributed by atoms with Crippen LogP contribution >= 0.6 is 0 Å². The van der Waals surface area contributed by atoms with Crippen molar-refractivity contribution >= 4 is 23.5 Å². The van der Waals surface area contributed by atoms with Crippen LogP contribution in [-0.4, -0.2) is 53.3 Å². The van der Waals surface area contributed by atoms with Gasteiger partial charge in [-0.1, -0.05) is 53.4 Å². The Kier molecular flexibility index (Phi) is 13.3. The van der Waals surface area contributed by atoms with Gasteiger partial charge in [0.1, 0.15) is 5.75 Å². The number of likely N-dealkylation sites (tertiary alicyclic amines) is 1. The van der Waals surface area contributed by atoms with Gasteiger partial charge in [-0.3, -0.25) is 4.90 Å². The van der Waals surface area contributed by atoms with Crippen molar-refractivity contribution < 1.29 is 4.74 Å². The second-order valence-corrected chi connectivity index (χ2v) is 9.49. The largest absolute Gasteiger partial charge is 0.496 e. The molecule has 1 unspecified atom stereocenters. The number of methoxy groups -OCH3 is 1. The van der Waals surface area contributed by atoms with Crippen LogP contribution in [-0.2, 0) is 0 Å². The summed E-state index contributed by atoms with van der Waals surface area (Å²) < 4.78 is 5.37. The van der Waals surface area contributed by atoms with E-state index in [0.29, 0.717) is 23.8 Å². The minimum atomic E-state index is 0.254. The van der Waals surface area contributed by atoms with Gasteiger partial charge in [-0.05, 0) is 75.9 Å². The molecule has 1 aliphatic heterocycles. The monoisotopic (exact) mass is 499 g/mol. The molecular formula is C28H49N7O. The molecule has 2 aromatic rings. The fourth-order valence-electron chi connectivity index (χ4n) is 4.53. The number of anilines is 4. The summed E-state index contributed by atoms with van der Waals surface area (Å²) in [6, 6.07) is 5.96. The standard InChI is InChI=1S/C23H35N7O.C3H8.C2H6/c1-16-14-18(11-12-19(16)31-3)25-22-27-21(24-15-17-8-5-4-6-9-17)28-23(29-22)26-20-10-7-13-30(20)2;1-3-2;1-2/h11-12,14,17,20H,4-10,13,15H2,1-3H3,(H3,24,25,26,27,28,29);3H2,1-2H3;1-2H3. The van der Waals surface area contributed by atoms with E-state index in [2.05, 4.69) is 56.7 Å². The van der Waals surface area contributed by atoms with Gasteiger partial charge in [0.2, 0.25) is 17.8 Å². The van der Waals surface area contributed by atoms with Gasteiger partial charge in [-0.25, -0.2) is 0 Å². The minimum Gasteiger partial charge on any atom is -0.496 e. The highest BCUT2D eigenvalue weighted by atomic mass is 16.5. The number of aryl methyl sites for hydroxylation is 1. The molecule has 2 aliphatic rings. The Bertz CT molecular complexity index is 886. The van der Waals surface area contributed by atoms with Gasteiger partial charge in [0, 0.05) is 12.2 Å². The Balaban J connectivity index is 0.000000850. The van der Waals surface area contributed by atoms with Crippen LogP contribution in [0.25, 0.3) is 0 Å². The zero-order valence-electron chi connectivity index (χ0n) is 23.7. The van der Waals surface area contributed by atoms with Gasteiger partial charge in [0.05, 0.1) is 13.3 Å². The van der Waals surface area contributed by atoms with Crippen molar-refractivity contribution in [1.82, 2.24) is 19.9 Å². The number of aromatic nitrogens is 3. The van der Waals surface area contributed by atoms with E-state index in [9.17, 15) is 0 Å². The highest BCUT2D eigenvalue weighted by Crippen LogP contribution is 2.26. The molecule has 1 atom stereocenters. The molecule has 8 nitrogen and oxygen atoms in total. The normalized spacial score (nSPS) is 17.8. The second-order valence-electron chi connectivity index (χ2n) is 9.49. The van der Waals surface area contributed by atoms with Gasteiger partial charge >= 0.3 is 0 Å². The van der Waals surface area contributed by atoms with Crippen LogP contribution < -0.4 is 20.7 Å². The molecule has 8 heteroatoms. The van der Waals surface area contributed by atoms with E-state index in [0.717, 1.165) is 36.5 Å². The van der Waals surface area contributed by atoms with Crippen LogP contribution in [0, 0.1) is 12.8 Å². The lowest BCUT2D eigenvalue weighted by molar-refractivity contribution is 0.337. The van der Waals surface area contributed by atoms with E-state index in [1.54, 1.807) is 7.11 Å². The average molecular weight is 500 g/mol. The van der Waals surface area contributed by atoms with Crippen molar-refractivity contribution in [2.75, 3.05) is 43.2 Å². The molecule has 0 spiro atoms. The minimum absolute atomic E-state index is 0.254. The Morgan fingerprint density at radius 3 is 2.22 bits per heavy atom. The molecule has 1 aromatic carbocycles. The summed E-state index contributed by atoms with van der Waals surface area (Å²) in [6.07, 6.45) is 10.4. The van der Waals surface area contributed by atoms with Crippen LogP contribution in [0.1, 0.15) is 84.6 Å². The predicted molar refractivity (Wildman–Crippen MR) is 152 cm³/mol. The fourth-order valence-corrected chi connectivity index (χ4v) is 4.53. The lowest BCUT2D eigenvalue weighted by Gasteiger charge is -2.23. The summed E-state index contributed by atoms with van der Waals surface area (Å²) in [5.41, 5.74) is 1.98. The van der Waals surface area contributed by atoms with Crippen LogP contribution in [0.3, 0.4) is 0 Å². The van der Waals surface area contributed by atoms with E-state index in [-0.39, 0.29) is 6.17 Å². The fraction of sp³-hybridized carbons (Fsp3) is 0.679. The van der Waals surface area contributed by atoms with Gasteiger partial charge in [-0.2, -0.15) is 15.0 Å². The highest BCUT2D eigenvalue weighted by molar-refractivity contribution is 5.58. The number of nitrogens with one attached hydrogen (secondary N) is 3. The van der Waals surface area contributed by atoms with Crippen LogP contribution in [0.4, 0.5) is 23.5 Å². The van der Waals surface area contributed by atoms with E-state index >= 15 is 0 Å². The Labute approximate surface area is 219 Å². The maximum atomic E-state index is 5.37. The maximum Gasteiger partial charge on any atom is 0.233 e. The quantitative estimate of drug-likeness (QED) is 0.364. The summed E-state index contributed by atoms with van der Waals surface area (Å²) in [7, 11) is 3.82. The van der Waals surface area contributed by atoms with Crippen molar-refractivity contribution in [3.8, 4) is 5.75 Å². The number of benzene rings is 1. The Morgan fingerprint density at radius 2 is 1.61 bits per heavy atom. The van der Waals surface area contributed by atoms with E-state index < -0.39 is 0 Å². The zero-order chi connectivity index (χ0) is 26.3. The first-order chi connectivity index (χ1) is 17.5. The molecule has 36 heavy (non-hydrogen) atoms. The summed E-state index contributed by atoms with van der Waals surface area (Å²) >= 11 is 0. The average Bonchev–Trinajstić information content (AvgIpc) is 3.29. The number of rotatable bonds is 8. The summed E-state index contributed by atoms with van der Waals surface area (Å²) in [5.74, 6) is 3.32. The molecule has 1 aliphatic carbocycles. The molecule has 4 rings (SSSR count). The molecule has 0 radical (unpaired) electrons. The molecule has 0 amide bonds. The first-order valence-electron chi connectivity index (χ1n) is 13.9. The van der Waals surface area contributed by atoms with Crippen LogP contribution in [0.15, 0.2) is 18.2 Å². The first kappa shape index (κ1) is 29.6. The van der Waals surface area contributed by atoms with Gasteiger partial charge < -0.3 is 20.7 Å². The number of ether oxygens (including phenoxy) is 1. The second kappa shape index (κ2) is 16.2. The highest BCUT2D eigenvalue weighted by Gasteiger charge is 2.22. The third-order valence-corrected chi connectivity index (χ3v) is 6.38. The van der Waals surface area contributed by atoms with E-state index in [1.165, 1.54) is 44.9 Å². The van der Waals surface area contributed by atoms with Crippen molar-refractivity contribution in [2.24, 2.45) is 5.92 Å². The van der Waals surface area contributed by atoms with Crippen LogP contribution in [0.5, 0.6) is 5.75 Å². The summed E-state index contributed by atoms with van der Waals surface area (Å²) in [5, 5.41) is 10.3. The topological polar surface area (TPSA) is 87.2 Å². The van der Waals surface area contributed by atoms with Crippen molar-refractivity contribution in [3.05, 3.63) is 23.8 Å². The third kappa shape index (κ3) is 9.45. The summed E-state index contributed by atoms with van der Waals surface area (Å²) in [6.45, 7) is 12.3. The lowest BCUT2D eigenvalue weighted by Crippen LogP contribution is -2.33. The maximum absolute atomic E-state index is 5.37. The molecule has 1 aromatic heterocycles. The lowest BCUT2D eigenvalue weighted by atomic mass is 9.89. The SMILES string of the molecule is CC.CCC.COc1ccc(Nc2nc(NCC3CCCCC3)nc(NC3CCCN3C)n2)cc1C. The van der Waals surface area contributed by atoms with Crippen molar-refractivity contribution in [3.63, 3.8) is 0 Å². The molecule has 0 bridgehead atoms.